The van der Waals surface area contributed by atoms with Gasteiger partial charge in [0.25, 0.3) is 5.91 Å². The van der Waals surface area contributed by atoms with E-state index in [1.807, 2.05) is 61.5 Å². The minimum absolute atomic E-state index is 0.0171. The molecule has 0 aliphatic rings. The second-order valence-electron chi connectivity index (χ2n) is 6.70. The maximum atomic E-state index is 12.0. The molecule has 0 unspecified atom stereocenters. The first-order valence-corrected chi connectivity index (χ1v) is 9.65. The molecule has 0 saturated carbocycles. The summed E-state index contributed by atoms with van der Waals surface area (Å²) in [6.45, 7) is 2.41. The molecule has 0 fully saturated rings. The Kier molecular flexibility index (Phi) is 6.73. The lowest BCUT2D eigenvalue weighted by Gasteiger charge is -2.03. The van der Waals surface area contributed by atoms with Gasteiger partial charge in [0, 0.05) is 18.4 Å². The Balaban J connectivity index is 1.59. The zero-order chi connectivity index (χ0) is 20.6. The number of aromatic nitrogens is 1. The third-order valence-electron chi connectivity index (χ3n) is 4.55. The predicted octanol–water partition coefficient (Wildman–Crippen LogP) is 4.12. The molecule has 29 heavy (non-hydrogen) atoms. The summed E-state index contributed by atoms with van der Waals surface area (Å²) in [5, 5.41) is 21.4. The molecular weight excluding hydrogens is 368 g/mol. The van der Waals surface area contributed by atoms with E-state index in [1.165, 1.54) is 0 Å². The number of carbonyl (C=O) groups excluding carboxylic acids is 2. The number of nitrogens with zero attached hydrogens (tertiary/aromatic N) is 3. The zero-order valence-corrected chi connectivity index (χ0v) is 16.3. The van der Waals surface area contributed by atoms with Gasteiger partial charge in [0.1, 0.15) is 6.54 Å². The van der Waals surface area contributed by atoms with Crippen molar-refractivity contribution in [2.24, 2.45) is 10.2 Å². The van der Waals surface area contributed by atoms with Crippen LogP contribution in [0.1, 0.15) is 25.3 Å². The van der Waals surface area contributed by atoms with Crippen LogP contribution in [-0.2, 0) is 22.6 Å². The lowest BCUT2D eigenvalue weighted by atomic mass is 10.1. The minimum Gasteiger partial charge on any atom is -0.493 e. The summed E-state index contributed by atoms with van der Waals surface area (Å²) in [5.74, 6) is -0.818. The number of carbonyl (C=O) groups is 2. The first kappa shape index (κ1) is 20.3. The van der Waals surface area contributed by atoms with Crippen LogP contribution in [0.3, 0.4) is 0 Å². The van der Waals surface area contributed by atoms with E-state index >= 15 is 0 Å². The molecule has 0 bridgehead atoms. The molecule has 0 radical (unpaired) electrons. The summed E-state index contributed by atoms with van der Waals surface area (Å²) in [4.78, 5) is 23.9. The molecule has 2 amide bonds. The largest absolute Gasteiger partial charge is 0.493 e. The smallest absolute Gasteiger partial charge is 0.283 e. The van der Waals surface area contributed by atoms with Crippen LogP contribution < -0.4 is 5.32 Å². The van der Waals surface area contributed by atoms with Gasteiger partial charge in [-0.3, -0.25) is 9.59 Å². The Hall–Kier alpha value is -3.48. The van der Waals surface area contributed by atoms with Crippen LogP contribution in [0.15, 0.2) is 64.8 Å². The van der Waals surface area contributed by atoms with Crippen LogP contribution in [-0.4, -0.2) is 28.0 Å². The number of amides is 2. The maximum absolute atomic E-state index is 12.0. The van der Waals surface area contributed by atoms with Crippen molar-refractivity contribution in [2.45, 2.75) is 32.7 Å². The van der Waals surface area contributed by atoms with Gasteiger partial charge in [-0.15, -0.1) is 10.2 Å². The number of fused-ring (bicyclic) bond motifs is 1. The molecule has 150 valence electrons. The van der Waals surface area contributed by atoms with Gasteiger partial charge < -0.3 is 15.0 Å². The van der Waals surface area contributed by atoms with Crippen molar-refractivity contribution in [1.29, 1.82) is 0 Å². The normalized spacial score (nSPS) is 11.2. The minimum atomic E-state index is -0.579. The Bertz CT molecular complexity index is 1030. The Labute approximate surface area is 169 Å². The fourth-order valence-corrected chi connectivity index (χ4v) is 3.13. The first-order chi connectivity index (χ1) is 14.1. The van der Waals surface area contributed by atoms with E-state index in [-0.39, 0.29) is 24.0 Å². The van der Waals surface area contributed by atoms with E-state index in [9.17, 15) is 14.7 Å². The number of aryl methyl sites for hydroxylation is 2. The SMILES string of the molecule is CCCn1c(O)c(N=NC(=O)CNC(=O)CCc2ccccc2)c2ccccc21. The van der Waals surface area contributed by atoms with E-state index in [0.717, 1.165) is 22.9 Å². The summed E-state index contributed by atoms with van der Waals surface area (Å²) in [7, 11) is 0. The molecule has 0 saturated heterocycles. The van der Waals surface area contributed by atoms with Crippen LogP contribution in [0.5, 0.6) is 5.88 Å². The van der Waals surface area contributed by atoms with Crippen LogP contribution in [0.4, 0.5) is 5.69 Å². The molecule has 0 spiro atoms. The number of para-hydroxylation sites is 1. The summed E-state index contributed by atoms with van der Waals surface area (Å²) in [5.41, 5.74) is 2.16. The Morgan fingerprint density at radius 2 is 1.79 bits per heavy atom. The van der Waals surface area contributed by atoms with E-state index in [2.05, 4.69) is 15.5 Å². The fraction of sp³-hybridized carbons (Fsp3) is 0.273. The average Bonchev–Trinajstić information content (AvgIpc) is 3.01. The predicted molar refractivity (Wildman–Crippen MR) is 111 cm³/mol. The number of nitrogens with one attached hydrogen (secondary N) is 1. The van der Waals surface area contributed by atoms with Gasteiger partial charge in [0.2, 0.25) is 11.8 Å². The first-order valence-electron chi connectivity index (χ1n) is 9.65. The second-order valence-corrected chi connectivity index (χ2v) is 6.70. The van der Waals surface area contributed by atoms with Crippen molar-refractivity contribution in [3.63, 3.8) is 0 Å². The topological polar surface area (TPSA) is 96.0 Å². The van der Waals surface area contributed by atoms with Crippen molar-refractivity contribution in [1.82, 2.24) is 9.88 Å². The molecule has 2 aromatic carbocycles. The zero-order valence-electron chi connectivity index (χ0n) is 16.3. The lowest BCUT2D eigenvalue weighted by Crippen LogP contribution is -2.28. The molecule has 0 aliphatic heterocycles. The molecule has 0 aliphatic carbocycles. The van der Waals surface area contributed by atoms with Gasteiger partial charge in [0.05, 0.1) is 5.52 Å². The van der Waals surface area contributed by atoms with Crippen LogP contribution in [0.2, 0.25) is 0 Å². The van der Waals surface area contributed by atoms with Gasteiger partial charge >= 0.3 is 0 Å². The molecule has 3 rings (SSSR count). The standard InChI is InChI=1S/C22H24N4O3/c1-2-14-26-18-11-7-6-10-17(18)21(22(26)29)25-24-20(28)15-23-19(27)13-12-16-8-4-3-5-9-16/h3-11,29H,2,12-15H2,1H3,(H,23,27). The Morgan fingerprint density at radius 1 is 1.07 bits per heavy atom. The number of hydrogen-bond acceptors (Lipinski definition) is 4. The highest BCUT2D eigenvalue weighted by Gasteiger charge is 2.16. The third-order valence-corrected chi connectivity index (χ3v) is 4.55. The average molecular weight is 392 g/mol. The Morgan fingerprint density at radius 3 is 2.55 bits per heavy atom. The molecule has 2 N–H and O–H groups in total. The number of hydrogen-bond donors (Lipinski definition) is 2. The van der Waals surface area contributed by atoms with Crippen molar-refractivity contribution in [3.05, 3.63) is 60.2 Å². The van der Waals surface area contributed by atoms with Crippen LogP contribution in [0.25, 0.3) is 10.9 Å². The van der Waals surface area contributed by atoms with E-state index in [1.54, 1.807) is 4.57 Å². The highest BCUT2D eigenvalue weighted by Crippen LogP contribution is 2.38. The fourth-order valence-electron chi connectivity index (χ4n) is 3.13. The molecule has 3 aromatic rings. The van der Waals surface area contributed by atoms with Crippen LogP contribution >= 0.6 is 0 Å². The molecule has 1 aromatic heterocycles. The summed E-state index contributed by atoms with van der Waals surface area (Å²) in [6, 6.07) is 17.1. The summed E-state index contributed by atoms with van der Waals surface area (Å²) < 4.78 is 1.75. The van der Waals surface area contributed by atoms with E-state index in [0.29, 0.717) is 19.4 Å². The van der Waals surface area contributed by atoms with E-state index in [4.69, 9.17) is 0 Å². The number of benzene rings is 2. The summed E-state index contributed by atoms with van der Waals surface area (Å²) >= 11 is 0. The quantitative estimate of drug-likeness (QED) is 0.565. The van der Waals surface area contributed by atoms with E-state index < -0.39 is 5.91 Å². The van der Waals surface area contributed by atoms with Gasteiger partial charge in [-0.1, -0.05) is 55.5 Å². The molecule has 1 heterocycles. The number of rotatable bonds is 8. The van der Waals surface area contributed by atoms with Crippen LogP contribution in [0, 0.1) is 0 Å². The van der Waals surface area contributed by atoms with Crippen molar-refractivity contribution < 1.29 is 14.7 Å². The van der Waals surface area contributed by atoms with Gasteiger partial charge in [0.15, 0.2) is 5.69 Å². The monoisotopic (exact) mass is 392 g/mol. The number of aromatic hydroxyl groups is 1. The van der Waals surface area contributed by atoms with Crippen molar-refractivity contribution in [3.8, 4) is 5.88 Å². The maximum Gasteiger partial charge on any atom is 0.283 e. The van der Waals surface area contributed by atoms with Gasteiger partial charge in [-0.05, 0) is 24.5 Å². The lowest BCUT2D eigenvalue weighted by molar-refractivity contribution is -0.124. The third kappa shape index (κ3) is 5.07. The van der Waals surface area contributed by atoms with Gasteiger partial charge in [-0.25, -0.2) is 0 Å². The summed E-state index contributed by atoms with van der Waals surface area (Å²) in [6.07, 6.45) is 1.74. The number of azo groups is 1. The van der Waals surface area contributed by atoms with Crippen molar-refractivity contribution in [2.75, 3.05) is 6.54 Å². The second kappa shape index (κ2) is 9.64. The highest BCUT2D eigenvalue weighted by atomic mass is 16.3. The van der Waals surface area contributed by atoms with Crippen molar-refractivity contribution >= 4 is 28.4 Å². The molecule has 0 atom stereocenters. The highest BCUT2D eigenvalue weighted by molar-refractivity contribution is 5.95. The molecular formula is C22H24N4O3. The molecule has 7 heteroatoms. The molecule has 7 nitrogen and oxygen atoms in total. The van der Waals surface area contributed by atoms with Gasteiger partial charge in [-0.2, -0.15) is 0 Å².